The van der Waals surface area contributed by atoms with Crippen LogP contribution < -0.4 is 0 Å². The van der Waals surface area contributed by atoms with Crippen molar-refractivity contribution in [2.45, 2.75) is 18.7 Å². The maximum absolute atomic E-state index is 12.8. The van der Waals surface area contributed by atoms with E-state index in [4.69, 9.17) is 0 Å². The van der Waals surface area contributed by atoms with Crippen molar-refractivity contribution in [1.29, 1.82) is 0 Å². The predicted molar refractivity (Wildman–Crippen MR) is 64.3 cm³/mol. The zero-order valence-corrected chi connectivity index (χ0v) is 10.2. The maximum Gasteiger partial charge on any atom is 0.416 e. The number of nitrogens with zero attached hydrogens (tertiary/aromatic N) is 1. The second-order valence-corrected chi connectivity index (χ2v) is 4.31. The summed E-state index contributed by atoms with van der Waals surface area (Å²) in [5.41, 5.74) is -0.665. The van der Waals surface area contributed by atoms with Gasteiger partial charge in [-0.3, -0.25) is 4.98 Å². The second-order valence-electron chi connectivity index (χ2n) is 4.31. The van der Waals surface area contributed by atoms with Crippen molar-refractivity contribution >= 4 is 0 Å². The van der Waals surface area contributed by atoms with Crippen LogP contribution in [0.3, 0.4) is 0 Å². The molecule has 0 aliphatic carbocycles. The van der Waals surface area contributed by atoms with E-state index in [0.717, 1.165) is 18.5 Å². The van der Waals surface area contributed by atoms with Gasteiger partial charge in [0.05, 0.1) is 11.7 Å². The van der Waals surface area contributed by atoms with Gasteiger partial charge < -0.3 is 5.11 Å². The Morgan fingerprint density at radius 2 is 1.75 bits per heavy atom. The fourth-order valence-electron chi connectivity index (χ4n) is 1.88. The van der Waals surface area contributed by atoms with E-state index < -0.39 is 23.7 Å². The van der Waals surface area contributed by atoms with Gasteiger partial charge in [-0.05, 0) is 23.8 Å². The molecule has 0 aliphatic heterocycles. The smallest absolute Gasteiger partial charge is 0.388 e. The van der Waals surface area contributed by atoms with Crippen molar-refractivity contribution in [3.05, 3.63) is 65.2 Å². The molecule has 1 unspecified atom stereocenters. The van der Waals surface area contributed by atoms with E-state index in [1.54, 1.807) is 0 Å². The van der Waals surface area contributed by atoms with Crippen LogP contribution in [0.5, 0.6) is 0 Å². The zero-order valence-electron chi connectivity index (χ0n) is 10.2. The van der Waals surface area contributed by atoms with E-state index in [-0.39, 0.29) is 12.0 Å². The molecule has 0 aliphatic rings. The van der Waals surface area contributed by atoms with Crippen LogP contribution in [0.1, 0.15) is 22.8 Å². The Bertz CT molecular complexity index is 580. The van der Waals surface area contributed by atoms with Gasteiger partial charge in [-0.2, -0.15) is 13.2 Å². The van der Waals surface area contributed by atoms with Gasteiger partial charge in [0.2, 0.25) is 0 Å². The number of aliphatic hydroxyl groups excluding tert-OH is 1. The predicted octanol–water partition coefficient (Wildman–Crippen LogP) is 3.52. The first-order valence-electron chi connectivity index (χ1n) is 5.81. The van der Waals surface area contributed by atoms with Crippen LogP contribution in [0.4, 0.5) is 17.6 Å². The summed E-state index contributed by atoms with van der Waals surface area (Å²) < 4.78 is 51.2. The van der Waals surface area contributed by atoms with Gasteiger partial charge in [-0.25, -0.2) is 4.39 Å². The van der Waals surface area contributed by atoms with Gasteiger partial charge in [0.1, 0.15) is 5.82 Å². The van der Waals surface area contributed by atoms with E-state index in [1.807, 2.05) is 0 Å². The molecule has 0 saturated carbocycles. The molecule has 0 radical (unpaired) electrons. The third-order valence-corrected chi connectivity index (χ3v) is 2.86. The second kappa shape index (κ2) is 5.58. The molecule has 2 aromatic rings. The van der Waals surface area contributed by atoms with Gasteiger partial charge in [-0.1, -0.05) is 12.1 Å². The number of rotatable bonds is 3. The highest BCUT2D eigenvalue weighted by Crippen LogP contribution is 2.34. The van der Waals surface area contributed by atoms with Crippen molar-refractivity contribution in [2.24, 2.45) is 0 Å². The normalized spacial score (nSPS) is 13.2. The van der Waals surface area contributed by atoms with Crippen LogP contribution in [0.15, 0.2) is 42.7 Å². The lowest BCUT2D eigenvalue weighted by Gasteiger charge is -2.17. The minimum Gasteiger partial charge on any atom is -0.388 e. The molecule has 0 fully saturated rings. The lowest BCUT2D eigenvalue weighted by molar-refractivity contribution is -0.139. The fraction of sp³-hybridized carbons (Fsp3) is 0.214. The van der Waals surface area contributed by atoms with Crippen molar-refractivity contribution < 1.29 is 22.7 Å². The van der Waals surface area contributed by atoms with Crippen molar-refractivity contribution in [3.8, 4) is 0 Å². The average molecular weight is 285 g/mol. The maximum atomic E-state index is 12.8. The lowest BCUT2D eigenvalue weighted by Crippen LogP contribution is -2.13. The molecule has 0 bridgehead atoms. The van der Waals surface area contributed by atoms with E-state index in [9.17, 15) is 22.7 Å². The summed E-state index contributed by atoms with van der Waals surface area (Å²) in [4.78, 5) is 3.62. The summed E-state index contributed by atoms with van der Waals surface area (Å²) in [6.07, 6.45) is -3.93. The third-order valence-electron chi connectivity index (χ3n) is 2.86. The first-order chi connectivity index (χ1) is 9.38. The van der Waals surface area contributed by atoms with E-state index in [0.29, 0.717) is 5.56 Å². The molecule has 1 heterocycles. The van der Waals surface area contributed by atoms with Crippen LogP contribution >= 0.6 is 0 Å². The van der Waals surface area contributed by atoms with Crippen LogP contribution in [-0.2, 0) is 12.6 Å². The van der Waals surface area contributed by atoms with Crippen molar-refractivity contribution in [2.75, 3.05) is 0 Å². The molecule has 6 heteroatoms. The molecule has 2 rings (SSSR count). The Labute approximate surface area is 112 Å². The van der Waals surface area contributed by atoms with Crippen LogP contribution in [0.2, 0.25) is 0 Å². The first kappa shape index (κ1) is 14.5. The molecule has 1 aromatic carbocycles. The molecule has 1 atom stereocenters. The number of hydrogen-bond acceptors (Lipinski definition) is 2. The van der Waals surface area contributed by atoms with E-state index in [1.165, 1.54) is 24.3 Å². The van der Waals surface area contributed by atoms with Gasteiger partial charge in [0.25, 0.3) is 0 Å². The molecule has 106 valence electrons. The zero-order chi connectivity index (χ0) is 14.8. The molecule has 2 nitrogen and oxygen atoms in total. The molecule has 20 heavy (non-hydrogen) atoms. The van der Waals surface area contributed by atoms with Crippen molar-refractivity contribution in [3.63, 3.8) is 0 Å². The third kappa shape index (κ3) is 3.33. The number of aliphatic hydroxyl groups is 1. The topological polar surface area (TPSA) is 33.1 Å². The summed E-state index contributed by atoms with van der Waals surface area (Å²) in [5.74, 6) is -0.444. The summed E-state index contributed by atoms with van der Waals surface area (Å²) in [6.45, 7) is 0. The average Bonchev–Trinajstić information content (AvgIpc) is 2.40. The SMILES string of the molecule is OC(Cc1ccc(F)cc1)c1cnccc1C(F)(F)F. The molecule has 0 saturated heterocycles. The Morgan fingerprint density at radius 3 is 2.35 bits per heavy atom. The Kier molecular flexibility index (Phi) is 4.04. The van der Waals surface area contributed by atoms with Crippen LogP contribution in [0.25, 0.3) is 0 Å². The number of alkyl halides is 3. The Balaban J connectivity index is 2.25. The number of hydrogen-bond donors (Lipinski definition) is 1. The molecular formula is C14H11F4NO. The van der Waals surface area contributed by atoms with Gasteiger partial charge in [0.15, 0.2) is 0 Å². The van der Waals surface area contributed by atoms with Gasteiger partial charge >= 0.3 is 6.18 Å². The van der Waals surface area contributed by atoms with E-state index in [2.05, 4.69) is 4.98 Å². The summed E-state index contributed by atoms with van der Waals surface area (Å²) >= 11 is 0. The van der Waals surface area contributed by atoms with Crippen LogP contribution in [-0.4, -0.2) is 10.1 Å². The van der Waals surface area contributed by atoms with Gasteiger partial charge in [-0.15, -0.1) is 0 Å². The fourth-order valence-corrected chi connectivity index (χ4v) is 1.88. The quantitative estimate of drug-likeness (QED) is 0.875. The molecule has 0 amide bonds. The van der Waals surface area contributed by atoms with E-state index >= 15 is 0 Å². The summed E-state index contributed by atoms with van der Waals surface area (Å²) in [5, 5.41) is 9.95. The Hall–Kier alpha value is -1.95. The first-order valence-corrected chi connectivity index (χ1v) is 5.81. The number of pyridine rings is 1. The lowest BCUT2D eigenvalue weighted by atomic mass is 9.98. The molecule has 0 spiro atoms. The van der Waals surface area contributed by atoms with Gasteiger partial charge in [0, 0.05) is 24.4 Å². The standard InChI is InChI=1S/C14H11F4NO/c15-10-3-1-9(2-4-10)7-13(20)11-8-19-6-5-12(11)14(16,17)18/h1-6,8,13,20H,7H2. The minimum atomic E-state index is -4.55. The number of aromatic nitrogens is 1. The molecular weight excluding hydrogens is 274 g/mol. The van der Waals surface area contributed by atoms with Crippen molar-refractivity contribution in [1.82, 2.24) is 4.98 Å². The summed E-state index contributed by atoms with van der Waals surface area (Å²) in [6, 6.07) is 6.04. The highest BCUT2D eigenvalue weighted by Gasteiger charge is 2.34. The number of halogens is 4. The molecule has 1 aromatic heterocycles. The highest BCUT2D eigenvalue weighted by atomic mass is 19.4. The largest absolute Gasteiger partial charge is 0.416 e. The Morgan fingerprint density at radius 1 is 1.10 bits per heavy atom. The van der Waals surface area contributed by atoms with Crippen LogP contribution in [0, 0.1) is 5.82 Å². The highest BCUT2D eigenvalue weighted by molar-refractivity contribution is 5.30. The summed E-state index contributed by atoms with van der Waals surface area (Å²) in [7, 11) is 0. The monoisotopic (exact) mass is 285 g/mol. The number of benzene rings is 1. The minimum absolute atomic E-state index is 0.0466. The molecule has 1 N–H and O–H groups in total.